The number of fused-ring (bicyclic) bond motifs is 1. The molecule has 0 spiro atoms. The van der Waals surface area contributed by atoms with Crippen molar-refractivity contribution in [3.63, 3.8) is 0 Å². The van der Waals surface area contributed by atoms with E-state index in [1.54, 1.807) is 12.1 Å². The average Bonchev–Trinajstić information content (AvgIpc) is 2.97. The third-order valence-corrected chi connectivity index (χ3v) is 4.72. The molecule has 1 N–H and O–H groups in total. The molecule has 0 saturated carbocycles. The number of nitrogens with zero attached hydrogens (tertiary/aromatic N) is 2. The van der Waals surface area contributed by atoms with E-state index < -0.39 is 0 Å². The first-order valence-corrected chi connectivity index (χ1v) is 8.64. The van der Waals surface area contributed by atoms with Gasteiger partial charge in [0, 0.05) is 6.04 Å². The molecule has 0 radical (unpaired) electrons. The highest BCUT2D eigenvalue weighted by Crippen LogP contribution is 2.44. The summed E-state index contributed by atoms with van der Waals surface area (Å²) in [4.78, 5) is 4.49. The second-order valence-corrected chi connectivity index (χ2v) is 6.60. The molecule has 3 nitrogen and oxygen atoms in total. The minimum absolute atomic E-state index is 0.138. The Morgan fingerprint density at radius 3 is 2.46 bits per heavy atom. The van der Waals surface area contributed by atoms with Crippen LogP contribution in [0, 0.1) is 5.82 Å². The third kappa shape index (κ3) is 3.11. The van der Waals surface area contributed by atoms with Crippen molar-refractivity contribution in [3.8, 4) is 0 Å². The van der Waals surface area contributed by atoms with Crippen LogP contribution < -0.4 is 15.1 Å². The number of benzene rings is 2. The molecular weight excluding hydrogens is 301 g/mol. The number of para-hydroxylation sites is 1. The Morgan fingerprint density at radius 2 is 1.79 bits per heavy atom. The van der Waals surface area contributed by atoms with Gasteiger partial charge in [-0.25, -0.2) is 4.39 Å². The number of nitrogens with one attached hydrogen (secondary N) is 1. The smallest absolute Gasteiger partial charge is 0.148 e. The second-order valence-electron chi connectivity index (χ2n) is 6.60. The van der Waals surface area contributed by atoms with Crippen molar-refractivity contribution in [1.82, 2.24) is 5.32 Å². The van der Waals surface area contributed by atoms with E-state index in [1.807, 2.05) is 19.2 Å². The standard InChI is InChI=1S/C20H26FN3/c1-15(2)23-14-24(20-17(21)10-7-11-19(20)23)18(12-13-22-3)16-8-5-4-6-9-16/h4-11,15,18,22H,12-14H2,1-3H3. The summed E-state index contributed by atoms with van der Waals surface area (Å²) in [5.41, 5.74) is 2.96. The Balaban J connectivity index is 2.03. The first-order chi connectivity index (χ1) is 11.6. The summed E-state index contributed by atoms with van der Waals surface area (Å²) in [6.45, 7) is 5.92. The Labute approximate surface area is 144 Å². The largest absolute Gasteiger partial charge is 0.350 e. The fourth-order valence-electron chi connectivity index (χ4n) is 3.49. The Kier molecular flexibility index (Phi) is 5.05. The Bertz CT molecular complexity index is 672. The first-order valence-electron chi connectivity index (χ1n) is 8.64. The van der Waals surface area contributed by atoms with Crippen molar-refractivity contribution >= 4 is 11.4 Å². The van der Waals surface area contributed by atoms with E-state index in [0.29, 0.717) is 6.04 Å². The molecule has 0 amide bonds. The van der Waals surface area contributed by atoms with E-state index in [-0.39, 0.29) is 11.9 Å². The normalized spacial score (nSPS) is 15.0. The molecule has 128 valence electrons. The summed E-state index contributed by atoms with van der Waals surface area (Å²) in [6.07, 6.45) is 0.931. The minimum Gasteiger partial charge on any atom is -0.350 e. The van der Waals surface area contributed by atoms with E-state index in [9.17, 15) is 4.39 Å². The summed E-state index contributed by atoms with van der Waals surface area (Å²) < 4.78 is 14.7. The summed E-state index contributed by atoms with van der Waals surface area (Å²) in [5.74, 6) is -0.138. The van der Waals surface area contributed by atoms with Gasteiger partial charge in [0.05, 0.1) is 24.1 Å². The lowest BCUT2D eigenvalue weighted by atomic mass is 10.0. The van der Waals surface area contributed by atoms with Crippen molar-refractivity contribution in [3.05, 3.63) is 59.9 Å². The van der Waals surface area contributed by atoms with Gasteiger partial charge in [0.15, 0.2) is 0 Å². The zero-order chi connectivity index (χ0) is 17.1. The van der Waals surface area contributed by atoms with Gasteiger partial charge in [-0.3, -0.25) is 0 Å². The lowest BCUT2D eigenvalue weighted by Gasteiger charge is -2.32. The SMILES string of the molecule is CNCCC(c1ccccc1)N1CN(C(C)C)c2cccc(F)c21. The fraction of sp³-hybridized carbons (Fsp3) is 0.400. The van der Waals surface area contributed by atoms with E-state index in [0.717, 1.165) is 31.0 Å². The van der Waals surface area contributed by atoms with Crippen LogP contribution in [0.15, 0.2) is 48.5 Å². The Hall–Kier alpha value is -2.07. The summed E-state index contributed by atoms with van der Waals surface area (Å²) in [7, 11) is 1.96. The molecule has 24 heavy (non-hydrogen) atoms. The molecule has 2 aromatic carbocycles. The molecule has 1 unspecified atom stereocenters. The quantitative estimate of drug-likeness (QED) is 0.859. The number of rotatable bonds is 6. The van der Waals surface area contributed by atoms with Crippen LogP contribution in [0.4, 0.5) is 15.8 Å². The second kappa shape index (κ2) is 7.22. The van der Waals surface area contributed by atoms with Gasteiger partial charge in [-0.05, 0) is 51.6 Å². The molecule has 1 aliphatic rings. The van der Waals surface area contributed by atoms with Crippen LogP contribution in [0.25, 0.3) is 0 Å². The van der Waals surface area contributed by atoms with E-state index in [2.05, 4.69) is 53.2 Å². The maximum atomic E-state index is 14.7. The zero-order valence-electron chi connectivity index (χ0n) is 14.7. The fourth-order valence-corrected chi connectivity index (χ4v) is 3.49. The molecule has 1 aliphatic heterocycles. The predicted octanol–water partition coefficient (Wildman–Crippen LogP) is 4.17. The maximum absolute atomic E-state index is 14.7. The lowest BCUT2D eigenvalue weighted by Crippen LogP contribution is -2.38. The molecule has 0 fully saturated rings. The van der Waals surface area contributed by atoms with Crippen LogP contribution in [0.5, 0.6) is 0 Å². The van der Waals surface area contributed by atoms with Gasteiger partial charge in [0.25, 0.3) is 0 Å². The van der Waals surface area contributed by atoms with Crippen molar-refractivity contribution in [2.75, 3.05) is 30.1 Å². The first kappa shape index (κ1) is 16.8. The molecular formula is C20H26FN3. The van der Waals surface area contributed by atoms with Crippen molar-refractivity contribution in [2.45, 2.75) is 32.4 Å². The maximum Gasteiger partial charge on any atom is 0.148 e. The number of hydrogen-bond acceptors (Lipinski definition) is 3. The molecule has 3 rings (SSSR count). The van der Waals surface area contributed by atoms with E-state index in [1.165, 1.54) is 5.56 Å². The number of anilines is 2. The average molecular weight is 327 g/mol. The lowest BCUT2D eigenvalue weighted by molar-refractivity contribution is 0.541. The molecule has 2 aromatic rings. The highest BCUT2D eigenvalue weighted by molar-refractivity contribution is 5.77. The highest BCUT2D eigenvalue weighted by Gasteiger charge is 2.34. The zero-order valence-corrected chi connectivity index (χ0v) is 14.7. The molecule has 0 saturated heterocycles. The van der Waals surface area contributed by atoms with Gasteiger partial charge < -0.3 is 15.1 Å². The van der Waals surface area contributed by atoms with Crippen molar-refractivity contribution < 1.29 is 4.39 Å². The topological polar surface area (TPSA) is 18.5 Å². The van der Waals surface area contributed by atoms with Gasteiger partial charge in [-0.1, -0.05) is 36.4 Å². The van der Waals surface area contributed by atoms with Gasteiger partial charge in [-0.15, -0.1) is 0 Å². The van der Waals surface area contributed by atoms with E-state index >= 15 is 0 Å². The predicted molar refractivity (Wildman–Crippen MR) is 99.1 cm³/mol. The minimum atomic E-state index is -0.138. The van der Waals surface area contributed by atoms with Gasteiger partial charge in [0.2, 0.25) is 0 Å². The molecule has 0 bridgehead atoms. The monoisotopic (exact) mass is 327 g/mol. The van der Waals surface area contributed by atoms with Crippen LogP contribution in [-0.2, 0) is 0 Å². The molecule has 1 atom stereocenters. The van der Waals surface area contributed by atoms with Crippen LogP contribution in [0.2, 0.25) is 0 Å². The summed E-state index contributed by atoms with van der Waals surface area (Å²) >= 11 is 0. The van der Waals surface area contributed by atoms with Crippen LogP contribution in [0.3, 0.4) is 0 Å². The van der Waals surface area contributed by atoms with Gasteiger partial charge in [-0.2, -0.15) is 0 Å². The van der Waals surface area contributed by atoms with E-state index in [4.69, 9.17) is 0 Å². The van der Waals surface area contributed by atoms with Gasteiger partial charge >= 0.3 is 0 Å². The van der Waals surface area contributed by atoms with Crippen LogP contribution >= 0.6 is 0 Å². The molecule has 4 heteroatoms. The summed E-state index contributed by atoms with van der Waals surface area (Å²) in [5, 5.41) is 3.23. The molecule has 0 aliphatic carbocycles. The molecule has 0 aromatic heterocycles. The third-order valence-electron chi connectivity index (χ3n) is 4.72. The highest BCUT2D eigenvalue weighted by atomic mass is 19.1. The van der Waals surface area contributed by atoms with Gasteiger partial charge in [0.1, 0.15) is 5.82 Å². The number of halogens is 1. The van der Waals surface area contributed by atoms with Crippen LogP contribution in [0.1, 0.15) is 31.9 Å². The number of hydrogen-bond donors (Lipinski definition) is 1. The molecule has 1 heterocycles. The van der Waals surface area contributed by atoms with Crippen molar-refractivity contribution in [2.24, 2.45) is 0 Å². The summed E-state index contributed by atoms with van der Waals surface area (Å²) in [6, 6.07) is 16.3. The van der Waals surface area contributed by atoms with Crippen molar-refractivity contribution in [1.29, 1.82) is 0 Å². The van der Waals surface area contributed by atoms with Crippen LogP contribution in [-0.4, -0.2) is 26.3 Å². The Morgan fingerprint density at radius 1 is 1.04 bits per heavy atom.